The van der Waals surface area contributed by atoms with Crippen molar-refractivity contribution >= 4 is 16.8 Å². The van der Waals surface area contributed by atoms with Gasteiger partial charge in [-0.3, -0.25) is 9.36 Å². The summed E-state index contributed by atoms with van der Waals surface area (Å²) in [4.78, 5) is 16.4. The Balaban J connectivity index is 1.81. The maximum Gasteiger partial charge on any atom is 0.241 e. The van der Waals surface area contributed by atoms with Crippen LogP contribution in [0.1, 0.15) is 46.1 Å². The standard InChI is InChI=1S/C24H26N2O/c1-16-13-17-9-11-24(2,18-7-5-4-6-8-18)23(27)26-21-10-12-25(3)15-20(21)19(14-16)22(17)26/h4-8,13-14H,9-12,15H2,1-3H3. The molecule has 0 aliphatic carbocycles. The van der Waals surface area contributed by atoms with Crippen molar-refractivity contribution in [1.29, 1.82) is 0 Å². The van der Waals surface area contributed by atoms with Gasteiger partial charge in [0.2, 0.25) is 5.91 Å². The largest absolute Gasteiger partial charge is 0.302 e. The van der Waals surface area contributed by atoms with Crippen molar-refractivity contribution in [3.05, 3.63) is 70.4 Å². The van der Waals surface area contributed by atoms with Gasteiger partial charge in [-0.05, 0) is 56.5 Å². The van der Waals surface area contributed by atoms with Gasteiger partial charge in [-0.15, -0.1) is 0 Å². The van der Waals surface area contributed by atoms with E-state index in [-0.39, 0.29) is 5.91 Å². The van der Waals surface area contributed by atoms with Crippen LogP contribution in [0.2, 0.25) is 0 Å². The number of hydrogen-bond donors (Lipinski definition) is 0. The van der Waals surface area contributed by atoms with E-state index < -0.39 is 5.41 Å². The van der Waals surface area contributed by atoms with Crippen molar-refractivity contribution in [2.24, 2.45) is 0 Å². The molecule has 27 heavy (non-hydrogen) atoms. The highest BCUT2D eigenvalue weighted by atomic mass is 16.2. The monoisotopic (exact) mass is 358 g/mol. The maximum absolute atomic E-state index is 14.0. The molecule has 0 saturated heterocycles. The fourth-order valence-electron chi connectivity index (χ4n) is 5.09. The fraction of sp³-hybridized carbons (Fsp3) is 0.375. The quantitative estimate of drug-likeness (QED) is 0.641. The number of rotatable bonds is 1. The first-order chi connectivity index (χ1) is 13.0. The number of carbonyl (C=O) groups is 1. The highest BCUT2D eigenvalue weighted by Gasteiger charge is 2.41. The Morgan fingerprint density at radius 3 is 2.63 bits per heavy atom. The van der Waals surface area contributed by atoms with Gasteiger partial charge in [0.1, 0.15) is 0 Å². The van der Waals surface area contributed by atoms with E-state index in [1.165, 1.54) is 33.3 Å². The van der Waals surface area contributed by atoms with Gasteiger partial charge < -0.3 is 4.90 Å². The summed E-state index contributed by atoms with van der Waals surface area (Å²) < 4.78 is 2.10. The molecule has 1 aromatic heterocycles. The fourth-order valence-corrected chi connectivity index (χ4v) is 5.09. The average Bonchev–Trinajstić information content (AvgIpc) is 2.93. The van der Waals surface area contributed by atoms with E-state index in [1.54, 1.807) is 0 Å². The van der Waals surface area contributed by atoms with Gasteiger partial charge in [0, 0.05) is 30.6 Å². The van der Waals surface area contributed by atoms with Gasteiger partial charge in [0.15, 0.2) is 0 Å². The number of aromatic nitrogens is 1. The Bertz CT molecular complexity index is 1060. The molecule has 0 fully saturated rings. The van der Waals surface area contributed by atoms with Crippen LogP contribution in [0.5, 0.6) is 0 Å². The zero-order chi connectivity index (χ0) is 18.8. The van der Waals surface area contributed by atoms with Gasteiger partial charge in [-0.1, -0.05) is 42.0 Å². The summed E-state index contributed by atoms with van der Waals surface area (Å²) >= 11 is 0. The summed E-state index contributed by atoms with van der Waals surface area (Å²) in [5.41, 5.74) is 7.03. The lowest BCUT2D eigenvalue weighted by Gasteiger charge is -2.30. The minimum absolute atomic E-state index is 0.243. The molecule has 3 nitrogen and oxygen atoms in total. The molecule has 0 bridgehead atoms. The molecular formula is C24H26N2O. The highest BCUT2D eigenvalue weighted by Crippen LogP contribution is 2.41. The minimum atomic E-state index is -0.489. The molecule has 2 aliphatic rings. The molecule has 0 saturated carbocycles. The van der Waals surface area contributed by atoms with Crippen molar-refractivity contribution < 1.29 is 4.79 Å². The van der Waals surface area contributed by atoms with Crippen molar-refractivity contribution in [3.8, 4) is 0 Å². The van der Waals surface area contributed by atoms with E-state index in [0.29, 0.717) is 0 Å². The average molecular weight is 358 g/mol. The molecule has 138 valence electrons. The highest BCUT2D eigenvalue weighted by molar-refractivity contribution is 6.03. The van der Waals surface area contributed by atoms with Crippen LogP contribution < -0.4 is 0 Å². The summed E-state index contributed by atoms with van der Waals surface area (Å²) in [5, 5.41) is 1.29. The summed E-state index contributed by atoms with van der Waals surface area (Å²) in [6.07, 6.45) is 2.73. The van der Waals surface area contributed by atoms with Crippen molar-refractivity contribution in [2.45, 2.75) is 45.1 Å². The Morgan fingerprint density at radius 2 is 1.85 bits per heavy atom. The smallest absolute Gasteiger partial charge is 0.241 e. The lowest BCUT2D eigenvalue weighted by atomic mass is 9.77. The number of benzene rings is 2. The van der Waals surface area contributed by atoms with Gasteiger partial charge in [-0.2, -0.15) is 0 Å². The van der Waals surface area contributed by atoms with E-state index in [0.717, 1.165) is 37.9 Å². The predicted octanol–water partition coefficient (Wildman–Crippen LogP) is 4.48. The lowest BCUT2D eigenvalue weighted by Crippen LogP contribution is -2.38. The molecule has 3 heterocycles. The number of nitrogens with zero attached hydrogens (tertiary/aromatic N) is 2. The van der Waals surface area contributed by atoms with Crippen LogP contribution in [0, 0.1) is 6.92 Å². The van der Waals surface area contributed by atoms with Crippen LogP contribution in [0.3, 0.4) is 0 Å². The van der Waals surface area contributed by atoms with Crippen molar-refractivity contribution in [3.63, 3.8) is 0 Å². The zero-order valence-electron chi connectivity index (χ0n) is 16.4. The van der Waals surface area contributed by atoms with Crippen LogP contribution >= 0.6 is 0 Å². The first-order valence-corrected chi connectivity index (χ1v) is 9.93. The van der Waals surface area contributed by atoms with Crippen LogP contribution in [-0.4, -0.2) is 29.0 Å². The van der Waals surface area contributed by atoms with Crippen LogP contribution in [0.4, 0.5) is 0 Å². The second-order valence-electron chi connectivity index (χ2n) is 8.57. The van der Waals surface area contributed by atoms with Gasteiger partial charge in [0.05, 0.1) is 10.9 Å². The summed E-state index contributed by atoms with van der Waals surface area (Å²) in [5.74, 6) is 0.243. The van der Waals surface area contributed by atoms with Crippen LogP contribution in [-0.2, 0) is 24.8 Å². The second-order valence-corrected chi connectivity index (χ2v) is 8.57. The topological polar surface area (TPSA) is 25.2 Å². The second kappa shape index (κ2) is 5.80. The third kappa shape index (κ3) is 2.34. The summed E-state index contributed by atoms with van der Waals surface area (Å²) in [6.45, 7) is 6.25. The Hall–Kier alpha value is -2.39. The Kier molecular flexibility index (Phi) is 3.60. The third-order valence-corrected chi connectivity index (χ3v) is 6.64. The van der Waals surface area contributed by atoms with E-state index in [4.69, 9.17) is 0 Å². The van der Waals surface area contributed by atoms with E-state index in [2.05, 4.69) is 54.6 Å². The number of hydrogen-bond acceptors (Lipinski definition) is 2. The SMILES string of the molecule is Cc1cc2c3c(c1)c1c(n3C(=O)C(C)(c3ccccc3)CC2)CCN(C)C1. The Labute approximate surface area is 160 Å². The molecule has 2 aliphatic heterocycles. The van der Waals surface area contributed by atoms with Crippen molar-refractivity contribution in [1.82, 2.24) is 9.47 Å². The lowest BCUT2D eigenvalue weighted by molar-refractivity contribution is 0.0804. The number of fused-ring (bicyclic) bond motifs is 3. The first kappa shape index (κ1) is 16.8. The molecular weight excluding hydrogens is 332 g/mol. The van der Waals surface area contributed by atoms with Crippen molar-refractivity contribution in [2.75, 3.05) is 13.6 Å². The zero-order valence-corrected chi connectivity index (χ0v) is 16.4. The molecule has 0 N–H and O–H groups in total. The van der Waals surface area contributed by atoms with E-state index in [9.17, 15) is 4.79 Å². The molecule has 1 unspecified atom stereocenters. The molecule has 0 amide bonds. The van der Waals surface area contributed by atoms with E-state index in [1.807, 2.05) is 18.2 Å². The number of aryl methyl sites for hydroxylation is 2. The summed E-state index contributed by atoms with van der Waals surface area (Å²) in [6, 6.07) is 14.9. The van der Waals surface area contributed by atoms with Gasteiger partial charge in [0.25, 0.3) is 0 Å². The first-order valence-electron chi connectivity index (χ1n) is 9.93. The molecule has 3 aromatic rings. The normalized spacial score (nSPS) is 22.7. The van der Waals surface area contributed by atoms with Gasteiger partial charge >= 0.3 is 0 Å². The predicted molar refractivity (Wildman–Crippen MR) is 109 cm³/mol. The number of likely N-dealkylation sites (N-methyl/N-ethyl adjacent to an activating group) is 1. The maximum atomic E-state index is 14.0. The molecule has 2 aromatic carbocycles. The molecule has 1 atom stereocenters. The van der Waals surface area contributed by atoms with E-state index >= 15 is 0 Å². The number of carbonyl (C=O) groups excluding carboxylic acids is 1. The van der Waals surface area contributed by atoms with Crippen LogP contribution in [0.15, 0.2) is 42.5 Å². The third-order valence-electron chi connectivity index (χ3n) is 6.64. The molecule has 3 heteroatoms. The minimum Gasteiger partial charge on any atom is -0.302 e. The van der Waals surface area contributed by atoms with Crippen LogP contribution in [0.25, 0.3) is 10.9 Å². The Morgan fingerprint density at radius 1 is 1.07 bits per heavy atom. The summed E-state index contributed by atoms with van der Waals surface area (Å²) in [7, 11) is 2.17. The molecule has 0 spiro atoms. The molecule has 5 rings (SSSR count). The van der Waals surface area contributed by atoms with Gasteiger partial charge in [-0.25, -0.2) is 0 Å². The molecule has 0 radical (unpaired) electrons.